The molecule has 1 aliphatic rings. The molecule has 2 aromatic carbocycles. The minimum atomic E-state index is -0.441. The molecule has 1 fully saturated rings. The van der Waals surface area contributed by atoms with Crippen LogP contribution in [0, 0.1) is 5.82 Å². The number of hydrogen-bond acceptors (Lipinski definition) is 2. The molecule has 2 aromatic rings. The van der Waals surface area contributed by atoms with Crippen molar-refractivity contribution >= 4 is 17.5 Å². The van der Waals surface area contributed by atoms with E-state index in [2.05, 4.69) is 22.3 Å². The summed E-state index contributed by atoms with van der Waals surface area (Å²) in [7, 11) is 0. The van der Waals surface area contributed by atoms with Crippen LogP contribution in [0.2, 0.25) is 5.02 Å². The van der Waals surface area contributed by atoms with Gasteiger partial charge in [-0.2, -0.15) is 0 Å². The normalized spacial score (nSPS) is 18.3. The first-order valence-electron chi connectivity index (χ1n) is 8.14. The number of rotatable bonds is 4. The van der Waals surface area contributed by atoms with Crippen LogP contribution in [-0.4, -0.2) is 29.9 Å². The van der Waals surface area contributed by atoms with Crippen LogP contribution in [0.4, 0.5) is 4.39 Å². The molecule has 0 saturated carbocycles. The lowest BCUT2D eigenvalue weighted by molar-refractivity contribution is 0.0901. The van der Waals surface area contributed by atoms with E-state index in [0.29, 0.717) is 5.56 Å². The molecule has 3 rings (SSSR count). The number of carbonyl (C=O) groups excluding carboxylic acids is 1. The molecule has 1 N–H and O–H groups in total. The zero-order chi connectivity index (χ0) is 16.9. The summed E-state index contributed by atoms with van der Waals surface area (Å²) in [5.41, 5.74) is 1.59. The van der Waals surface area contributed by atoms with Gasteiger partial charge in [-0.15, -0.1) is 0 Å². The highest BCUT2D eigenvalue weighted by atomic mass is 35.5. The highest BCUT2D eigenvalue weighted by Gasteiger charge is 2.22. The molecule has 0 aliphatic carbocycles. The third kappa shape index (κ3) is 4.34. The molecule has 1 atom stereocenters. The molecule has 0 spiro atoms. The van der Waals surface area contributed by atoms with Crippen molar-refractivity contribution < 1.29 is 9.18 Å². The van der Waals surface area contributed by atoms with Gasteiger partial charge >= 0.3 is 0 Å². The Kier molecular flexibility index (Phi) is 5.48. The third-order valence-corrected chi connectivity index (χ3v) is 4.58. The average Bonchev–Trinajstić information content (AvgIpc) is 2.56. The van der Waals surface area contributed by atoms with Crippen molar-refractivity contribution in [3.8, 4) is 0 Å². The van der Waals surface area contributed by atoms with Gasteiger partial charge in [-0.3, -0.25) is 9.69 Å². The topological polar surface area (TPSA) is 32.3 Å². The lowest BCUT2D eigenvalue weighted by Crippen LogP contribution is -2.47. The van der Waals surface area contributed by atoms with E-state index < -0.39 is 5.82 Å². The van der Waals surface area contributed by atoms with E-state index in [-0.39, 0.29) is 17.0 Å². The van der Waals surface area contributed by atoms with Crippen LogP contribution in [0.5, 0.6) is 0 Å². The zero-order valence-electron chi connectivity index (χ0n) is 13.3. The fraction of sp³-hybridized carbons (Fsp3) is 0.316. The number of benzene rings is 2. The molecule has 3 nitrogen and oxygen atoms in total. The van der Waals surface area contributed by atoms with E-state index in [1.54, 1.807) is 0 Å². The van der Waals surface area contributed by atoms with Gasteiger partial charge in [0.05, 0.1) is 10.6 Å². The first-order chi connectivity index (χ1) is 11.6. The summed E-state index contributed by atoms with van der Waals surface area (Å²) in [5.74, 6) is -0.685. The second kappa shape index (κ2) is 7.77. The Morgan fingerprint density at radius 3 is 2.79 bits per heavy atom. The van der Waals surface area contributed by atoms with E-state index in [1.165, 1.54) is 23.8 Å². The van der Waals surface area contributed by atoms with Crippen molar-refractivity contribution in [1.82, 2.24) is 10.2 Å². The minimum Gasteiger partial charge on any atom is -0.348 e. The van der Waals surface area contributed by atoms with Crippen LogP contribution >= 0.6 is 11.6 Å². The number of nitrogens with zero attached hydrogens (tertiary/aromatic N) is 1. The summed E-state index contributed by atoms with van der Waals surface area (Å²) in [5, 5.41) is 3.17. The first-order valence-corrected chi connectivity index (χ1v) is 8.52. The number of halogens is 2. The van der Waals surface area contributed by atoms with Gasteiger partial charge in [0, 0.05) is 19.1 Å². The Morgan fingerprint density at radius 2 is 2.04 bits per heavy atom. The van der Waals surface area contributed by atoms with Gasteiger partial charge in [0.15, 0.2) is 0 Å². The number of amides is 1. The zero-order valence-corrected chi connectivity index (χ0v) is 14.1. The van der Waals surface area contributed by atoms with E-state index in [4.69, 9.17) is 11.6 Å². The monoisotopic (exact) mass is 346 g/mol. The summed E-state index contributed by atoms with van der Waals surface area (Å²) >= 11 is 5.97. The molecule has 126 valence electrons. The maximum Gasteiger partial charge on any atom is 0.253 e. The molecule has 1 saturated heterocycles. The van der Waals surface area contributed by atoms with Gasteiger partial charge in [0.2, 0.25) is 0 Å². The van der Waals surface area contributed by atoms with Gasteiger partial charge in [0.1, 0.15) is 5.82 Å². The van der Waals surface area contributed by atoms with Crippen LogP contribution in [0.15, 0.2) is 48.5 Å². The summed E-state index contributed by atoms with van der Waals surface area (Å²) < 4.78 is 13.1. The Hall–Kier alpha value is -1.91. The fourth-order valence-electron chi connectivity index (χ4n) is 3.10. The SMILES string of the molecule is O=C(N[C@H]1CCCN(Cc2ccccc2)C1)c1ccc(F)cc1Cl. The average molecular weight is 347 g/mol. The lowest BCUT2D eigenvalue weighted by atomic mass is 10.0. The molecule has 5 heteroatoms. The van der Waals surface area contributed by atoms with Crippen molar-refractivity contribution in [2.75, 3.05) is 13.1 Å². The van der Waals surface area contributed by atoms with Crippen molar-refractivity contribution in [3.05, 3.63) is 70.5 Å². The molecular weight excluding hydrogens is 327 g/mol. The maximum atomic E-state index is 13.1. The molecule has 1 heterocycles. The molecule has 0 unspecified atom stereocenters. The highest BCUT2D eigenvalue weighted by molar-refractivity contribution is 6.33. The number of likely N-dealkylation sites (tertiary alicyclic amines) is 1. The Bertz CT molecular complexity index is 708. The summed E-state index contributed by atoms with van der Waals surface area (Å²) in [4.78, 5) is 14.7. The van der Waals surface area contributed by atoms with Crippen molar-refractivity contribution in [1.29, 1.82) is 0 Å². The molecular formula is C19H20ClFN2O. The van der Waals surface area contributed by atoms with E-state index in [1.807, 2.05) is 18.2 Å². The van der Waals surface area contributed by atoms with Crippen LogP contribution in [0.1, 0.15) is 28.8 Å². The quantitative estimate of drug-likeness (QED) is 0.911. The molecule has 0 aromatic heterocycles. The summed E-state index contributed by atoms with van der Waals surface area (Å²) in [6.45, 7) is 2.71. The van der Waals surface area contributed by atoms with E-state index >= 15 is 0 Å². The standard InChI is InChI=1S/C19H20ClFN2O/c20-18-11-15(21)8-9-17(18)19(24)22-16-7-4-10-23(13-16)12-14-5-2-1-3-6-14/h1-3,5-6,8-9,11,16H,4,7,10,12-13H2,(H,22,24)/t16-/m0/s1. The van der Waals surface area contributed by atoms with Crippen molar-refractivity contribution in [2.24, 2.45) is 0 Å². The smallest absolute Gasteiger partial charge is 0.253 e. The maximum absolute atomic E-state index is 13.1. The predicted octanol–water partition coefficient (Wildman–Crippen LogP) is 3.87. The van der Waals surface area contributed by atoms with Gasteiger partial charge in [-0.25, -0.2) is 4.39 Å². The number of hydrogen-bond donors (Lipinski definition) is 1. The molecule has 0 radical (unpaired) electrons. The largest absolute Gasteiger partial charge is 0.348 e. The van der Waals surface area contributed by atoms with Crippen LogP contribution < -0.4 is 5.32 Å². The minimum absolute atomic E-state index is 0.0797. The Balaban J connectivity index is 1.59. The van der Waals surface area contributed by atoms with Crippen LogP contribution in [0.25, 0.3) is 0 Å². The lowest BCUT2D eigenvalue weighted by Gasteiger charge is -2.33. The van der Waals surface area contributed by atoms with Gasteiger partial charge < -0.3 is 5.32 Å². The van der Waals surface area contributed by atoms with Crippen molar-refractivity contribution in [2.45, 2.75) is 25.4 Å². The third-order valence-electron chi connectivity index (χ3n) is 4.27. The van der Waals surface area contributed by atoms with Gasteiger partial charge in [-0.05, 0) is 43.1 Å². The molecule has 0 bridgehead atoms. The fourth-order valence-corrected chi connectivity index (χ4v) is 3.35. The van der Waals surface area contributed by atoms with Crippen molar-refractivity contribution in [3.63, 3.8) is 0 Å². The Labute approximate surface area is 146 Å². The number of piperidine rings is 1. The van der Waals surface area contributed by atoms with Gasteiger partial charge in [-0.1, -0.05) is 41.9 Å². The van der Waals surface area contributed by atoms with E-state index in [0.717, 1.165) is 32.5 Å². The number of nitrogens with one attached hydrogen (secondary N) is 1. The Morgan fingerprint density at radius 1 is 1.25 bits per heavy atom. The predicted molar refractivity (Wildman–Crippen MR) is 93.6 cm³/mol. The highest BCUT2D eigenvalue weighted by Crippen LogP contribution is 2.19. The second-order valence-corrected chi connectivity index (χ2v) is 6.56. The summed E-state index contributed by atoms with van der Waals surface area (Å²) in [6, 6.07) is 14.2. The summed E-state index contributed by atoms with van der Waals surface area (Å²) in [6.07, 6.45) is 1.98. The number of carbonyl (C=O) groups is 1. The molecule has 1 aliphatic heterocycles. The molecule has 24 heavy (non-hydrogen) atoms. The van der Waals surface area contributed by atoms with Crippen LogP contribution in [0.3, 0.4) is 0 Å². The van der Waals surface area contributed by atoms with Crippen LogP contribution in [-0.2, 0) is 6.54 Å². The van der Waals surface area contributed by atoms with Gasteiger partial charge in [0.25, 0.3) is 5.91 Å². The molecule has 1 amide bonds. The van der Waals surface area contributed by atoms with E-state index in [9.17, 15) is 9.18 Å². The first kappa shape index (κ1) is 16.9. The second-order valence-electron chi connectivity index (χ2n) is 6.16.